The average Bonchev–Trinajstić information content (AvgIpc) is 2.07. The molecule has 0 spiro atoms. The van der Waals surface area contributed by atoms with E-state index in [1.165, 1.54) is 0 Å². The van der Waals surface area contributed by atoms with Crippen molar-refractivity contribution in [2.45, 2.75) is 19.8 Å². The molecule has 1 nitrogen and oxygen atoms in total. The fourth-order valence-electron chi connectivity index (χ4n) is 1.27. The van der Waals surface area contributed by atoms with Crippen molar-refractivity contribution in [2.24, 2.45) is 5.92 Å². The minimum atomic E-state index is 0. The van der Waals surface area contributed by atoms with Crippen LogP contribution in [-0.4, -0.2) is 0 Å². The van der Waals surface area contributed by atoms with Crippen LogP contribution >= 0.6 is 12.4 Å². The summed E-state index contributed by atoms with van der Waals surface area (Å²) in [6.07, 6.45) is 0. The van der Waals surface area contributed by atoms with E-state index in [1.54, 1.807) is 0 Å². The molecule has 0 radical (unpaired) electrons. The fourth-order valence-corrected chi connectivity index (χ4v) is 1.27. The summed E-state index contributed by atoms with van der Waals surface area (Å²) >= 11 is 0. The summed E-state index contributed by atoms with van der Waals surface area (Å²) in [5.74, 6) is 0.420. The maximum absolute atomic E-state index is 8.90. The van der Waals surface area contributed by atoms with E-state index in [4.69, 9.17) is 5.26 Å². The number of nitrogens with zero attached hydrogens (tertiary/aromatic N) is 1. The van der Waals surface area contributed by atoms with E-state index in [2.05, 4.69) is 19.9 Å². The van der Waals surface area contributed by atoms with Gasteiger partial charge in [0, 0.05) is 0 Å². The first kappa shape index (κ1) is 12.0. The lowest BCUT2D eigenvalue weighted by atomic mass is 9.90. The minimum Gasteiger partial charge on any atom is -0.198 e. The molecule has 0 heterocycles. The van der Waals surface area contributed by atoms with Gasteiger partial charge in [0.1, 0.15) is 0 Å². The normalized spacial score (nSPS) is 11.5. The van der Waals surface area contributed by atoms with Gasteiger partial charge in [-0.15, -0.1) is 12.4 Å². The minimum absolute atomic E-state index is 0. The summed E-state index contributed by atoms with van der Waals surface area (Å²) in [6.45, 7) is 4.14. The van der Waals surface area contributed by atoms with E-state index in [9.17, 15) is 0 Å². The third kappa shape index (κ3) is 3.08. The SMILES string of the molecule is CC(C)C(C#N)c1ccccc1.Cl. The number of halogens is 1. The Labute approximate surface area is 85.8 Å². The van der Waals surface area contributed by atoms with Gasteiger partial charge in [0.25, 0.3) is 0 Å². The van der Waals surface area contributed by atoms with Crippen LogP contribution < -0.4 is 0 Å². The zero-order valence-electron chi connectivity index (χ0n) is 7.90. The smallest absolute Gasteiger partial charge is 0.0735 e. The number of rotatable bonds is 2. The second kappa shape index (κ2) is 5.61. The molecular weight excluding hydrogens is 182 g/mol. The van der Waals surface area contributed by atoms with Crippen molar-refractivity contribution in [3.8, 4) is 6.07 Å². The first-order valence-corrected chi connectivity index (χ1v) is 4.20. The Hall–Kier alpha value is -1.00. The zero-order chi connectivity index (χ0) is 8.97. The van der Waals surface area contributed by atoms with E-state index in [0.717, 1.165) is 5.56 Å². The maximum Gasteiger partial charge on any atom is 0.0735 e. The molecule has 0 aliphatic carbocycles. The summed E-state index contributed by atoms with van der Waals surface area (Å²) < 4.78 is 0. The third-order valence-electron chi connectivity index (χ3n) is 1.96. The van der Waals surface area contributed by atoms with Crippen LogP contribution in [0, 0.1) is 17.2 Å². The lowest BCUT2D eigenvalue weighted by Crippen LogP contribution is -2.03. The van der Waals surface area contributed by atoms with E-state index < -0.39 is 0 Å². The molecule has 0 amide bonds. The van der Waals surface area contributed by atoms with Gasteiger partial charge in [-0.3, -0.25) is 0 Å². The average molecular weight is 196 g/mol. The topological polar surface area (TPSA) is 23.8 Å². The van der Waals surface area contributed by atoms with Crippen LogP contribution in [0.5, 0.6) is 0 Å². The van der Waals surface area contributed by atoms with Crippen molar-refractivity contribution < 1.29 is 0 Å². The Kier molecular flexibility index (Phi) is 5.18. The summed E-state index contributed by atoms with van der Waals surface area (Å²) in [5, 5.41) is 8.90. The first-order chi connectivity index (χ1) is 5.75. The Bertz CT molecular complexity index is 274. The highest BCUT2D eigenvalue weighted by molar-refractivity contribution is 5.85. The molecule has 0 aromatic heterocycles. The molecule has 0 saturated carbocycles. The zero-order valence-corrected chi connectivity index (χ0v) is 8.71. The van der Waals surface area contributed by atoms with Crippen LogP contribution in [0.15, 0.2) is 30.3 Å². The maximum atomic E-state index is 8.90. The van der Waals surface area contributed by atoms with Gasteiger partial charge in [-0.1, -0.05) is 44.2 Å². The van der Waals surface area contributed by atoms with Crippen LogP contribution in [0.25, 0.3) is 0 Å². The molecule has 0 saturated heterocycles. The molecule has 1 unspecified atom stereocenters. The monoisotopic (exact) mass is 195 g/mol. The largest absolute Gasteiger partial charge is 0.198 e. The van der Waals surface area contributed by atoms with E-state index in [1.807, 2.05) is 30.3 Å². The van der Waals surface area contributed by atoms with Gasteiger partial charge in [-0.25, -0.2) is 0 Å². The van der Waals surface area contributed by atoms with Crippen LogP contribution in [0.2, 0.25) is 0 Å². The van der Waals surface area contributed by atoms with Crippen molar-refractivity contribution in [3.63, 3.8) is 0 Å². The molecule has 0 aliphatic rings. The molecule has 1 atom stereocenters. The molecule has 1 aromatic rings. The van der Waals surface area contributed by atoms with Crippen LogP contribution in [0.4, 0.5) is 0 Å². The van der Waals surface area contributed by atoms with Crippen LogP contribution in [-0.2, 0) is 0 Å². The first-order valence-electron chi connectivity index (χ1n) is 4.20. The van der Waals surface area contributed by atoms with Crippen molar-refractivity contribution >= 4 is 12.4 Å². The molecular formula is C11H14ClN. The highest BCUT2D eigenvalue weighted by Crippen LogP contribution is 2.22. The predicted octanol–water partition coefficient (Wildman–Crippen LogP) is 3.37. The molecule has 0 bridgehead atoms. The van der Waals surface area contributed by atoms with Crippen molar-refractivity contribution in [1.82, 2.24) is 0 Å². The highest BCUT2D eigenvalue weighted by Gasteiger charge is 2.13. The van der Waals surface area contributed by atoms with Gasteiger partial charge in [-0.05, 0) is 11.5 Å². The molecule has 1 rings (SSSR count). The molecule has 0 fully saturated rings. The third-order valence-corrected chi connectivity index (χ3v) is 1.96. The number of benzene rings is 1. The van der Waals surface area contributed by atoms with Gasteiger partial charge in [0.15, 0.2) is 0 Å². The van der Waals surface area contributed by atoms with Crippen molar-refractivity contribution in [1.29, 1.82) is 5.26 Å². The molecule has 2 heteroatoms. The fraction of sp³-hybridized carbons (Fsp3) is 0.364. The number of nitriles is 1. The Morgan fingerprint density at radius 1 is 1.15 bits per heavy atom. The van der Waals surface area contributed by atoms with Gasteiger partial charge in [0.2, 0.25) is 0 Å². The molecule has 1 aromatic carbocycles. The van der Waals surface area contributed by atoms with Gasteiger partial charge < -0.3 is 0 Å². The van der Waals surface area contributed by atoms with E-state index in [0.29, 0.717) is 5.92 Å². The standard InChI is InChI=1S/C11H13N.ClH/c1-9(2)11(8-12)10-6-4-3-5-7-10;/h3-7,9,11H,1-2H3;1H. The van der Waals surface area contributed by atoms with Crippen LogP contribution in [0.1, 0.15) is 25.3 Å². The van der Waals surface area contributed by atoms with E-state index in [-0.39, 0.29) is 18.3 Å². The van der Waals surface area contributed by atoms with Gasteiger partial charge >= 0.3 is 0 Å². The molecule has 0 aliphatic heterocycles. The van der Waals surface area contributed by atoms with Crippen LogP contribution in [0.3, 0.4) is 0 Å². The summed E-state index contributed by atoms with van der Waals surface area (Å²) in [4.78, 5) is 0. The van der Waals surface area contributed by atoms with Gasteiger partial charge in [-0.2, -0.15) is 5.26 Å². The highest BCUT2D eigenvalue weighted by atomic mass is 35.5. The molecule has 0 N–H and O–H groups in total. The quantitative estimate of drug-likeness (QED) is 0.710. The second-order valence-electron chi connectivity index (χ2n) is 3.26. The lowest BCUT2D eigenvalue weighted by Gasteiger charge is -2.12. The predicted molar refractivity (Wildman–Crippen MR) is 56.9 cm³/mol. The summed E-state index contributed by atoms with van der Waals surface area (Å²) in [6, 6.07) is 12.3. The van der Waals surface area contributed by atoms with Crippen molar-refractivity contribution in [2.75, 3.05) is 0 Å². The van der Waals surface area contributed by atoms with Gasteiger partial charge in [0.05, 0.1) is 12.0 Å². The molecule has 70 valence electrons. The Morgan fingerprint density at radius 3 is 2.08 bits per heavy atom. The Morgan fingerprint density at radius 2 is 1.69 bits per heavy atom. The lowest BCUT2D eigenvalue weighted by molar-refractivity contribution is 0.587. The summed E-state index contributed by atoms with van der Waals surface area (Å²) in [5.41, 5.74) is 1.12. The van der Waals surface area contributed by atoms with Crippen molar-refractivity contribution in [3.05, 3.63) is 35.9 Å². The molecule has 13 heavy (non-hydrogen) atoms. The summed E-state index contributed by atoms with van der Waals surface area (Å²) in [7, 11) is 0. The van der Waals surface area contributed by atoms with E-state index >= 15 is 0 Å². The number of hydrogen-bond donors (Lipinski definition) is 0. The second-order valence-corrected chi connectivity index (χ2v) is 3.26. The number of hydrogen-bond acceptors (Lipinski definition) is 1. The Balaban J connectivity index is 0.00000144.